The SMILES string of the molecule is C[C@H]1Nc2ncnc3c2cc(C2CCS(=O)(=O)CC2)c(=O)n3CCNC(=O)CCCN2CCC(CC2)C(F)(F)c2cccc1c2. The summed E-state index contributed by atoms with van der Waals surface area (Å²) in [5, 5.41) is 6.84. The molecule has 2 N–H and O–H groups in total. The molecule has 1 atom stereocenters. The zero-order chi connectivity index (χ0) is 31.8. The third-order valence-corrected chi connectivity index (χ3v) is 11.4. The third-order valence-electron chi connectivity index (χ3n) is 9.67. The van der Waals surface area contributed by atoms with E-state index in [2.05, 4.69) is 25.5 Å². The number of benzene rings is 1. The Morgan fingerprint density at radius 1 is 0.978 bits per heavy atom. The Balaban J connectivity index is 1.40. The molecule has 1 amide bonds. The van der Waals surface area contributed by atoms with Crippen molar-refractivity contribution in [2.24, 2.45) is 5.92 Å². The first kappa shape index (κ1) is 31.5. The molecule has 2 fully saturated rings. The van der Waals surface area contributed by atoms with Crippen LogP contribution in [0.25, 0.3) is 11.0 Å². The average Bonchev–Trinajstić information content (AvgIpc) is 3.02. The summed E-state index contributed by atoms with van der Waals surface area (Å²) in [6, 6.07) is 7.87. The van der Waals surface area contributed by atoms with Crippen molar-refractivity contribution in [1.82, 2.24) is 24.8 Å². The Hall–Kier alpha value is -3.45. The van der Waals surface area contributed by atoms with E-state index < -0.39 is 27.7 Å². The van der Waals surface area contributed by atoms with Crippen molar-refractivity contribution in [3.05, 3.63) is 63.7 Å². The molecular weight excluding hydrogens is 602 g/mol. The zero-order valence-electron chi connectivity index (χ0n) is 25.5. The minimum absolute atomic E-state index is 0.00872. The fourth-order valence-electron chi connectivity index (χ4n) is 6.94. The topological polar surface area (TPSA) is 126 Å². The van der Waals surface area contributed by atoms with E-state index in [0.29, 0.717) is 86.1 Å². The van der Waals surface area contributed by atoms with E-state index in [1.165, 1.54) is 17.0 Å². The lowest BCUT2D eigenvalue weighted by molar-refractivity contribution is -0.121. The summed E-state index contributed by atoms with van der Waals surface area (Å²) in [7, 11) is -3.14. The molecule has 8 bridgehead atoms. The van der Waals surface area contributed by atoms with Gasteiger partial charge in [-0.25, -0.2) is 27.2 Å². The van der Waals surface area contributed by atoms with Crippen molar-refractivity contribution in [3.63, 3.8) is 0 Å². The van der Waals surface area contributed by atoms with E-state index in [9.17, 15) is 18.0 Å². The van der Waals surface area contributed by atoms with Gasteiger partial charge in [-0.3, -0.25) is 14.2 Å². The van der Waals surface area contributed by atoms with Crippen LogP contribution in [0, 0.1) is 5.92 Å². The molecule has 3 aromatic rings. The second-order valence-electron chi connectivity index (χ2n) is 12.6. The summed E-state index contributed by atoms with van der Waals surface area (Å²) < 4.78 is 57.5. The van der Waals surface area contributed by atoms with Crippen molar-refractivity contribution < 1.29 is 22.0 Å². The number of carbonyl (C=O) groups excluding carboxylic acids is 1. The molecule has 10 nitrogen and oxygen atoms in total. The maximum Gasteiger partial charge on any atom is 0.276 e. The number of carbonyl (C=O) groups is 1. The zero-order valence-corrected chi connectivity index (χ0v) is 26.3. The van der Waals surface area contributed by atoms with Gasteiger partial charge >= 0.3 is 0 Å². The molecule has 0 spiro atoms. The number of aromatic nitrogens is 3. The van der Waals surface area contributed by atoms with E-state index in [-0.39, 0.29) is 47.5 Å². The summed E-state index contributed by atoms with van der Waals surface area (Å²) in [6.07, 6.45) is 3.70. The van der Waals surface area contributed by atoms with Gasteiger partial charge in [0.2, 0.25) is 5.91 Å². The van der Waals surface area contributed by atoms with Crippen molar-refractivity contribution in [2.75, 3.05) is 43.0 Å². The quantitative estimate of drug-likeness (QED) is 0.409. The Bertz CT molecular complexity index is 1730. The van der Waals surface area contributed by atoms with Crippen LogP contribution >= 0.6 is 0 Å². The molecule has 2 saturated heterocycles. The van der Waals surface area contributed by atoms with Crippen molar-refractivity contribution in [2.45, 2.75) is 69.9 Å². The first-order valence-corrected chi connectivity index (χ1v) is 17.7. The molecule has 2 aromatic heterocycles. The van der Waals surface area contributed by atoms with Crippen molar-refractivity contribution >= 4 is 32.6 Å². The molecule has 0 radical (unpaired) electrons. The minimum Gasteiger partial charge on any atom is -0.363 e. The summed E-state index contributed by atoms with van der Waals surface area (Å²) in [5.41, 5.74) is 1.26. The van der Waals surface area contributed by atoms with E-state index in [1.807, 2.05) is 13.0 Å². The number of piperidine rings is 1. The highest BCUT2D eigenvalue weighted by Crippen LogP contribution is 2.42. The van der Waals surface area contributed by atoms with Crippen LogP contribution in [-0.4, -0.2) is 71.4 Å². The Morgan fingerprint density at radius 3 is 2.49 bits per heavy atom. The van der Waals surface area contributed by atoms with Crippen LogP contribution in [0.2, 0.25) is 0 Å². The lowest BCUT2D eigenvalue weighted by atomic mass is 9.85. The lowest BCUT2D eigenvalue weighted by Crippen LogP contribution is -2.40. The van der Waals surface area contributed by atoms with Gasteiger partial charge in [0.25, 0.3) is 11.5 Å². The van der Waals surface area contributed by atoms with E-state index in [4.69, 9.17) is 0 Å². The van der Waals surface area contributed by atoms with E-state index in [0.717, 1.165) is 0 Å². The molecule has 7 rings (SSSR count). The van der Waals surface area contributed by atoms with Crippen molar-refractivity contribution in [1.29, 1.82) is 0 Å². The van der Waals surface area contributed by atoms with Gasteiger partial charge in [0, 0.05) is 42.6 Å². The predicted molar refractivity (Wildman–Crippen MR) is 168 cm³/mol. The predicted octanol–water partition coefficient (Wildman–Crippen LogP) is 3.97. The number of nitrogens with zero attached hydrogens (tertiary/aromatic N) is 4. The average molecular weight is 643 g/mol. The van der Waals surface area contributed by atoms with Crippen LogP contribution in [0.3, 0.4) is 0 Å². The molecule has 1 aromatic carbocycles. The molecule has 45 heavy (non-hydrogen) atoms. The first-order valence-electron chi connectivity index (χ1n) is 15.8. The van der Waals surface area contributed by atoms with Gasteiger partial charge < -0.3 is 15.5 Å². The van der Waals surface area contributed by atoms with Crippen LogP contribution in [0.5, 0.6) is 0 Å². The molecule has 13 heteroatoms. The number of pyridine rings is 1. The molecule has 0 unspecified atom stereocenters. The number of sulfone groups is 1. The summed E-state index contributed by atoms with van der Waals surface area (Å²) >= 11 is 0. The normalized spacial score (nSPS) is 26.1. The Morgan fingerprint density at radius 2 is 1.73 bits per heavy atom. The fraction of sp³-hybridized carbons (Fsp3) is 0.562. The molecule has 242 valence electrons. The van der Waals surface area contributed by atoms with Crippen LogP contribution < -0.4 is 16.2 Å². The van der Waals surface area contributed by atoms with Crippen LogP contribution in [0.15, 0.2) is 41.5 Å². The first-order chi connectivity index (χ1) is 21.5. The number of rotatable bonds is 1. The largest absolute Gasteiger partial charge is 0.363 e. The van der Waals surface area contributed by atoms with Gasteiger partial charge in [-0.15, -0.1) is 0 Å². The van der Waals surface area contributed by atoms with Gasteiger partial charge in [0.1, 0.15) is 27.6 Å². The van der Waals surface area contributed by atoms with E-state index in [1.54, 1.807) is 18.2 Å². The number of alkyl halides is 2. The van der Waals surface area contributed by atoms with Gasteiger partial charge in [-0.1, -0.05) is 18.2 Å². The van der Waals surface area contributed by atoms with Gasteiger partial charge in [0.05, 0.1) is 16.9 Å². The Kier molecular flexibility index (Phi) is 8.93. The van der Waals surface area contributed by atoms with Gasteiger partial charge in [-0.05, 0) is 82.3 Å². The summed E-state index contributed by atoms with van der Waals surface area (Å²) in [6.45, 7) is 4.06. The number of halogens is 2. The lowest BCUT2D eigenvalue weighted by Gasteiger charge is -2.36. The number of anilines is 1. The highest BCUT2D eigenvalue weighted by molar-refractivity contribution is 7.91. The maximum atomic E-state index is 15.8. The highest BCUT2D eigenvalue weighted by atomic mass is 32.2. The Labute approximate surface area is 261 Å². The van der Waals surface area contributed by atoms with Crippen LogP contribution in [0.1, 0.15) is 74.1 Å². The van der Waals surface area contributed by atoms with Crippen LogP contribution in [0.4, 0.5) is 14.6 Å². The number of nitrogens with one attached hydrogen (secondary N) is 2. The molecule has 4 aliphatic rings. The van der Waals surface area contributed by atoms with Gasteiger partial charge in [0.15, 0.2) is 0 Å². The van der Waals surface area contributed by atoms with Crippen molar-refractivity contribution in [3.8, 4) is 0 Å². The smallest absolute Gasteiger partial charge is 0.276 e. The fourth-order valence-corrected chi connectivity index (χ4v) is 8.43. The summed E-state index contributed by atoms with van der Waals surface area (Å²) in [4.78, 5) is 37.6. The number of hydrogen-bond acceptors (Lipinski definition) is 8. The second-order valence-corrected chi connectivity index (χ2v) is 14.9. The number of fused-ring (bicyclic) bond motifs is 9. The molecular formula is C32H40F2N6O4S. The molecule has 0 saturated carbocycles. The van der Waals surface area contributed by atoms with Crippen LogP contribution in [-0.2, 0) is 27.1 Å². The van der Waals surface area contributed by atoms with Gasteiger partial charge in [-0.2, -0.15) is 0 Å². The minimum atomic E-state index is -3.14. The number of amides is 1. The monoisotopic (exact) mass is 642 g/mol. The molecule has 6 heterocycles. The number of hydrogen-bond donors (Lipinski definition) is 2. The third kappa shape index (κ3) is 6.74. The molecule has 0 aliphatic carbocycles. The molecule has 4 aliphatic heterocycles. The second kappa shape index (κ2) is 12.7. The summed E-state index contributed by atoms with van der Waals surface area (Å²) in [5.74, 6) is -3.68. The standard InChI is InChI=1S/C32H40F2N6O4S/c1-21-23-4-2-5-25(18-23)32(33,34)24-7-13-39(14-8-24)12-3-6-28(41)35-11-15-40-30-27(29(38-21)36-20-37-30)19-26(31(40)42)22-9-16-45(43,44)17-10-22/h2,4-5,18-22,24H,3,6-17H2,1H3,(H,35,41)(H,36,37,38)/t21-/m1/s1. The highest BCUT2D eigenvalue weighted by Gasteiger charge is 2.42. The van der Waals surface area contributed by atoms with E-state index >= 15 is 8.78 Å². The maximum absolute atomic E-state index is 15.8.